The summed E-state index contributed by atoms with van der Waals surface area (Å²) >= 11 is 0. The lowest BCUT2D eigenvalue weighted by Crippen LogP contribution is -2.54. The summed E-state index contributed by atoms with van der Waals surface area (Å²) in [4.78, 5) is 22.5. The highest BCUT2D eigenvalue weighted by Gasteiger charge is 2.30. The van der Waals surface area contributed by atoms with Gasteiger partial charge in [-0.25, -0.2) is 17.9 Å². The lowest BCUT2D eigenvalue weighted by molar-refractivity contribution is -0.126. The van der Waals surface area contributed by atoms with Crippen LogP contribution in [-0.2, 0) is 21.4 Å². The number of carbonyl (C=O) groups excluding carboxylic acids is 1. The molecule has 0 atom stereocenters. The first-order valence-corrected chi connectivity index (χ1v) is 7.50. The second-order valence-corrected chi connectivity index (χ2v) is 6.50. The highest BCUT2D eigenvalue weighted by Crippen LogP contribution is 2.09. The van der Waals surface area contributed by atoms with E-state index in [2.05, 4.69) is 10.0 Å². The molecule has 0 spiro atoms. The molecule has 0 radical (unpaired) electrons. The Hall–Kier alpha value is -1.87. The van der Waals surface area contributed by atoms with Gasteiger partial charge in [-0.2, -0.15) is 0 Å². The van der Waals surface area contributed by atoms with Gasteiger partial charge in [0.15, 0.2) is 0 Å². The summed E-state index contributed by atoms with van der Waals surface area (Å²) < 4.78 is 29.4. The van der Waals surface area contributed by atoms with E-state index in [1.54, 1.807) is 0 Å². The van der Waals surface area contributed by atoms with Gasteiger partial charge in [0.05, 0.1) is 12.8 Å². The first kappa shape index (κ1) is 16.2. The zero-order valence-electron chi connectivity index (χ0n) is 11.3. The predicted octanol–water partition coefficient (Wildman–Crippen LogP) is -0.0782. The standard InChI is InChI=1S/C11H16N2O6S/c1-11(2,13-20(3,17)18)10(16)12-6-7-4-5-8(19-7)9(14)15/h4-5,13H,6H2,1-3H3,(H,12,16)(H,14,15). The van der Waals surface area contributed by atoms with Crippen LogP contribution in [0.3, 0.4) is 0 Å². The van der Waals surface area contributed by atoms with Crippen LogP contribution >= 0.6 is 0 Å². The van der Waals surface area contributed by atoms with Crippen LogP contribution in [0.15, 0.2) is 16.5 Å². The molecule has 0 aliphatic heterocycles. The van der Waals surface area contributed by atoms with Crippen molar-refractivity contribution in [2.24, 2.45) is 0 Å². The van der Waals surface area contributed by atoms with Crippen molar-refractivity contribution in [2.45, 2.75) is 25.9 Å². The van der Waals surface area contributed by atoms with E-state index in [9.17, 15) is 18.0 Å². The minimum absolute atomic E-state index is 0.0407. The number of amides is 1. The fourth-order valence-electron chi connectivity index (χ4n) is 1.49. The SMILES string of the molecule is CC(C)(NS(C)(=O)=O)C(=O)NCc1ccc(C(=O)O)o1. The molecule has 1 aromatic heterocycles. The predicted molar refractivity (Wildman–Crippen MR) is 69.6 cm³/mol. The number of carboxylic acid groups (broad SMARTS) is 1. The summed E-state index contributed by atoms with van der Waals surface area (Å²) in [6.07, 6.45) is 0.952. The monoisotopic (exact) mass is 304 g/mol. The maximum Gasteiger partial charge on any atom is 0.371 e. The Morgan fingerprint density at radius 1 is 1.35 bits per heavy atom. The Bertz CT molecular complexity index is 617. The molecule has 1 heterocycles. The quantitative estimate of drug-likeness (QED) is 0.675. The Balaban J connectivity index is 2.64. The number of rotatable bonds is 6. The van der Waals surface area contributed by atoms with E-state index >= 15 is 0 Å². The van der Waals surface area contributed by atoms with Gasteiger partial charge < -0.3 is 14.8 Å². The van der Waals surface area contributed by atoms with Gasteiger partial charge in [-0.05, 0) is 26.0 Å². The van der Waals surface area contributed by atoms with E-state index in [4.69, 9.17) is 9.52 Å². The number of furan rings is 1. The molecule has 0 aliphatic rings. The normalized spacial score (nSPS) is 12.2. The molecule has 20 heavy (non-hydrogen) atoms. The topological polar surface area (TPSA) is 126 Å². The molecule has 0 fully saturated rings. The Morgan fingerprint density at radius 2 is 1.95 bits per heavy atom. The first-order chi connectivity index (χ1) is 9.01. The highest BCUT2D eigenvalue weighted by molar-refractivity contribution is 7.88. The minimum Gasteiger partial charge on any atom is -0.475 e. The fraction of sp³-hybridized carbons (Fsp3) is 0.455. The van der Waals surface area contributed by atoms with E-state index in [0.29, 0.717) is 0 Å². The summed E-state index contributed by atoms with van der Waals surface area (Å²) in [6, 6.07) is 2.68. The number of carbonyl (C=O) groups is 2. The Kier molecular flexibility index (Phi) is 4.56. The van der Waals surface area contributed by atoms with Crippen LogP contribution in [0.25, 0.3) is 0 Å². The number of hydrogen-bond donors (Lipinski definition) is 3. The molecule has 0 saturated heterocycles. The van der Waals surface area contributed by atoms with Crippen molar-refractivity contribution in [3.8, 4) is 0 Å². The Labute approximate surface area is 116 Å². The van der Waals surface area contributed by atoms with Gasteiger partial charge in [0, 0.05) is 0 Å². The third kappa shape index (κ3) is 4.67. The molecule has 9 heteroatoms. The van der Waals surface area contributed by atoms with Crippen molar-refractivity contribution >= 4 is 21.9 Å². The zero-order chi connectivity index (χ0) is 15.6. The molecule has 112 valence electrons. The maximum atomic E-state index is 11.9. The number of carboxylic acids is 1. The van der Waals surface area contributed by atoms with Gasteiger partial charge in [0.1, 0.15) is 11.3 Å². The summed E-state index contributed by atoms with van der Waals surface area (Å²) in [5, 5.41) is 11.1. The van der Waals surface area contributed by atoms with Crippen molar-refractivity contribution in [1.82, 2.24) is 10.0 Å². The highest BCUT2D eigenvalue weighted by atomic mass is 32.2. The van der Waals surface area contributed by atoms with Gasteiger partial charge in [0.25, 0.3) is 0 Å². The van der Waals surface area contributed by atoms with Crippen molar-refractivity contribution in [2.75, 3.05) is 6.26 Å². The van der Waals surface area contributed by atoms with Crippen molar-refractivity contribution in [3.63, 3.8) is 0 Å². The third-order valence-corrected chi connectivity index (χ3v) is 3.18. The van der Waals surface area contributed by atoms with Gasteiger partial charge in [-0.3, -0.25) is 4.79 Å². The van der Waals surface area contributed by atoms with Gasteiger partial charge in [-0.15, -0.1) is 0 Å². The van der Waals surface area contributed by atoms with E-state index in [1.165, 1.54) is 26.0 Å². The van der Waals surface area contributed by atoms with Gasteiger partial charge in [-0.1, -0.05) is 0 Å². The summed E-state index contributed by atoms with van der Waals surface area (Å²) in [6.45, 7) is 2.78. The molecular weight excluding hydrogens is 288 g/mol. The van der Waals surface area contributed by atoms with Gasteiger partial charge >= 0.3 is 5.97 Å². The molecule has 1 aromatic rings. The molecular formula is C11H16N2O6S. The molecule has 3 N–H and O–H groups in total. The van der Waals surface area contributed by atoms with E-state index in [0.717, 1.165) is 6.26 Å². The van der Waals surface area contributed by atoms with Crippen LogP contribution in [0.2, 0.25) is 0 Å². The molecule has 1 amide bonds. The lowest BCUT2D eigenvalue weighted by atomic mass is 10.1. The number of hydrogen-bond acceptors (Lipinski definition) is 5. The summed E-state index contributed by atoms with van der Waals surface area (Å²) in [7, 11) is -3.53. The van der Waals surface area contributed by atoms with Crippen LogP contribution in [0.5, 0.6) is 0 Å². The second-order valence-electron chi connectivity index (χ2n) is 4.75. The van der Waals surface area contributed by atoms with E-state index in [-0.39, 0.29) is 18.1 Å². The molecule has 0 aromatic carbocycles. The molecule has 0 bridgehead atoms. The molecule has 0 unspecified atom stereocenters. The smallest absolute Gasteiger partial charge is 0.371 e. The third-order valence-electron chi connectivity index (χ3n) is 2.30. The van der Waals surface area contributed by atoms with Crippen LogP contribution in [0, 0.1) is 0 Å². The zero-order valence-corrected chi connectivity index (χ0v) is 12.1. The number of aromatic carboxylic acids is 1. The van der Waals surface area contributed by atoms with Crippen molar-refractivity contribution in [1.29, 1.82) is 0 Å². The summed E-state index contributed by atoms with van der Waals surface area (Å²) in [5.74, 6) is -1.74. The van der Waals surface area contributed by atoms with Crippen molar-refractivity contribution in [3.05, 3.63) is 23.7 Å². The fourth-order valence-corrected chi connectivity index (χ4v) is 2.51. The molecule has 1 rings (SSSR count). The largest absolute Gasteiger partial charge is 0.475 e. The average Bonchev–Trinajstić information content (AvgIpc) is 2.70. The van der Waals surface area contributed by atoms with Crippen LogP contribution in [0.1, 0.15) is 30.2 Å². The summed E-state index contributed by atoms with van der Waals surface area (Å²) in [5.41, 5.74) is -1.32. The van der Waals surface area contributed by atoms with Crippen molar-refractivity contribution < 1.29 is 27.5 Å². The van der Waals surface area contributed by atoms with E-state index in [1.807, 2.05) is 0 Å². The lowest BCUT2D eigenvalue weighted by Gasteiger charge is -2.23. The van der Waals surface area contributed by atoms with Crippen LogP contribution < -0.4 is 10.0 Å². The average molecular weight is 304 g/mol. The van der Waals surface area contributed by atoms with Crippen LogP contribution in [0.4, 0.5) is 0 Å². The first-order valence-electron chi connectivity index (χ1n) is 5.60. The maximum absolute atomic E-state index is 11.9. The molecule has 0 saturated carbocycles. The molecule has 8 nitrogen and oxygen atoms in total. The van der Waals surface area contributed by atoms with Gasteiger partial charge in [0.2, 0.25) is 21.7 Å². The van der Waals surface area contributed by atoms with Crippen LogP contribution in [-0.4, -0.2) is 37.2 Å². The number of sulfonamides is 1. The minimum atomic E-state index is -3.53. The molecule has 0 aliphatic carbocycles. The number of nitrogens with one attached hydrogen (secondary N) is 2. The van der Waals surface area contributed by atoms with E-state index < -0.39 is 27.4 Å². The second kappa shape index (κ2) is 5.63. The Morgan fingerprint density at radius 3 is 2.40 bits per heavy atom.